The summed E-state index contributed by atoms with van der Waals surface area (Å²) in [6.45, 7) is -0.851. The first kappa shape index (κ1) is 28.9. The Bertz CT molecular complexity index is 922. The number of carboxylic acids is 3. The number of halogens is 1. The van der Waals surface area contributed by atoms with Crippen LogP contribution < -0.4 is 16.0 Å². The van der Waals surface area contributed by atoms with Crippen LogP contribution in [0.2, 0.25) is 0 Å². The van der Waals surface area contributed by atoms with Crippen LogP contribution in [-0.4, -0.2) is 91.2 Å². The molecule has 0 aliphatic carbocycles. The fourth-order valence-electron chi connectivity index (χ4n) is 2.73. The lowest BCUT2D eigenvalue weighted by atomic mass is 10.1. The summed E-state index contributed by atoms with van der Waals surface area (Å²) in [6, 6.07) is -3.21. The summed E-state index contributed by atoms with van der Waals surface area (Å²) in [7, 11) is 0. The summed E-state index contributed by atoms with van der Waals surface area (Å²) < 4.78 is 13.4. The number of aryl methyl sites for hydroxylation is 1. The van der Waals surface area contributed by atoms with E-state index in [-0.39, 0.29) is 25.9 Å². The fraction of sp³-hybridized carbons (Fsp3) is 0.579. The highest BCUT2D eigenvalue weighted by Gasteiger charge is 2.26. The number of carboxylic acid groups (broad SMARTS) is 3. The lowest BCUT2D eigenvalue weighted by molar-refractivity contribution is -0.145. The van der Waals surface area contributed by atoms with Crippen LogP contribution in [0.5, 0.6) is 0 Å². The van der Waals surface area contributed by atoms with E-state index in [0.29, 0.717) is 12.1 Å². The topological polar surface area (TPSA) is 230 Å². The molecule has 16 heteroatoms. The molecule has 0 aromatic carbocycles. The van der Waals surface area contributed by atoms with Crippen molar-refractivity contribution in [3.8, 4) is 0 Å². The molecule has 35 heavy (non-hydrogen) atoms. The van der Waals surface area contributed by atoms with Gasteiger partial charge in [0.15, 0.2) is 0 Å². The highest BCUT2D eigenvalue weighted by Crippen LogP contribution is 2.02. The second kappa shape index (κ2) is 14.9. The van der Waals surface area contributed by atoms with Crippen LogP contribution in [0.25, 0.3) is 0 Å². The first-order valence-electron chi connectivity index (χ1n) is 10.5. The molecule has 1 aromatic rings. The van der Waals surface area contributed by atoms with E-state index in [1.165, 1.54) is 10.9 Å². The maximum atomic E-state index is 12.2. The van der Waals surface area contributed by atoms with E-state index in [2.05, 4.69) is 20.9 Å². The molecule has 1 rings (SSSR count). The maximum Gasteiger partial charge on any atom is 0.326 e. The van der Waals surface area contributed by atoms with Crippen molar-refractivity contribution >= 4 is 35.6 Å². The molecule has 0 spiro atoms. The van der Waals surface area contributed by atoms with Crippen molar-refractivity contribution < 1.29 is 48.5 Å². The molecule has 0 aliphatic rings. The van der Waals surface area contributed by atoms with Crippen LogP contribution in [-0.2, 0) is 41.7 Å². The van der Waals surface area contributed by atoms with Gasteiger partial charge in [0.2, 0.25) is 17.7 Å². The van der Waals surface area contributed by atoms with Crippen LogP contribution in [0.15, 0.2) is 6.20 Å². The van der Waals surface area contributed by atoms with Gasteiger partial charge in [-0.1, -0.05) is 5.21 Å². The zero-order valence-electron chi connectivity index (χ0n) is 18.6. The second-order valence-corrected chi connectivity index (χ2v) is 7.35. The molecule has 1 heterocycles. The minimum atomic E-state index is -1.68. The molecule has 0 bridgehead atoms. The van der Waals surface area contributed by atoms with Gasteiger partial charge in [0, 0.05) is 25.6 Å². The monoisotopic (exact) mass is 502 g/mol. The van der Waals surface area contributed by atoms with Gasteiger partial charge in [0.25, 0.3) is 0 Å². The highest BCUT2D eigenvalue weighted by molar-refractivity contribution is 5.90. The molecule has 6 N–H and O–H groups in total. The van der Waals surface area contributed by atoms with E-state index < -0.39 is 73.7 Å². The standard InChI is InChI=1S/C19H27FN6O9/c20-6-1-2-11-9-26(25-24-11)10-16(29)21-7-5-14(27)23-13(19(34)35)8-15(28)22-12(18(32)33)3-4-17(30)31/h9,12-13H,1-8,10H2,(H,21,29)(H,22,28)(H,23,27)(H,30,31)(H,32,33)(H,34,35). The Labute approximate surface area is 198 Å². The normalized spacial score (nSPS) is 12.3. The Kier molecular flexibility index (Phi) is 12.3. The number of carbonyl (C=O) groups excluding carboxylic acids is 3. The summed E-state index contributed by atoms with van der Waals surface area (Å²) in [5.74, 6) is -6.62. The van der Waals surface area contributed by atoms with Crippen molar-refractivity contribution in [2.24, 2.45) is 0 Å². The molecular formula is C19H27FN6O9. The molecule has 15 nitrogen and oxygen atoms in total. The van der Waals surface area contributed by atoms with Crippen LogP contribution in [0.4, 0.5) is 4.39 Å². The summed E-state index contributed by atoms with van der Waals surface area (Å²) in [6.07, 6.45) is 0.103. The van der Waals surface area contributed by atoms with Crippen molar-refractivity contribution in [1.82, 2.24) is 30.9 Å². The molecule has 0 saturated heterocycles. The van der Waals surface area contributed by atoms with Gasteiger partial charge >= 0.3 is 17.9 Å². The molecule has 0 radical (unpaired) electrons. The molecule has 3 amide bonds. The van der Waals surface area contributed by atoms with Gasteiger partial charge < -0.3 is 31.3 Å². The third-order valence-electron chi connectivity index (χ3n) is 4.44. The summed E-state index contributed by atoms with van der Waals surface area (Å²) in [4.78, 5) is 69.0. The number of hydrogen-bond acceptors (Lipinski definition) is 8. The molecule has 2 unspecified atom stereocenters. The van der Waals surface area contributed by atoms with Crippen molar-refractivity contribution in [2.75, 3.05) is 13.2 Å². The lowest BCUT2D eigenvalue weighted by Gasteiger charge is -2.17. The molecule has 0 fully saturated rings. The smallest absolute Gasteiger partial charge is 0.326 e. The number of rotatable bonds is 17. The largest absolute Gasteiger partial charge is 0.481 e. The number of aliphatic carboxylic acids is 3. The van der Waals surface area contributed by atoms with Crippen molar-refractivity contribution in [3.63, 3.8) is 0 Å². The number of alkyl halides is 1. The average Bonchev–Trinajstić information content (AvgIpc) is 3.21. The molecule has 0 saturated carbocycles. The predicted molar refractivity (Wildman–Crippen MR) is 113 cm³/mol. The third kappa shape index (κ3) is 12.1. The van der Waals surface area contributed by atoms with E-state index in [1.807, 2.05) is 5.32 Å². The minimum Gasteiger partial charge on any atom is -0.481 e. The number of hydrogen-bond donors (Lipinski definition) is 6. The highest BCUT2D eigenvalue weighted by atomic mass is 19.1. The van der Waals surface area contributed by atoms with Gasteiger partial charge in [0.1, 0.15) is 18.6 Å². The van der Waals surface area contributed by atoms with Crippen LogP contribution in [0.1, 0.15) is 37.8 Å². The second-order valence-electron chi connectivity index (χ2n) is 7.35. The molecular weight excluding hydrogens is 475 g/mol. The Morgan fingerprint density at radius 3 is 2.20 bits per heavy atom. The quantitative estimate of drug-likeness (QED) is 0.137. The van der Waals surface area contributed by atoms with Crippen molar-refractivity contribution in [3.05, 3.63) is 11.9 Å². The number of nitrogens with zero attached hydrogens (tertiary/aromatic N) is 3. The number of nitrogens with one attached hydrogen (secondary N) is 3. The average molecular weight is 502 g/mol. The van der Waals surface area contributed by atoms with Gasteiger partial charge in [-0.15, -0.1) is 5.10 Å². The van der Waals surface area contributed by atoms with Gasteiger partial charge in [-0.25, -0.2) is 14.3 Å². The van der Waals surface area contributed by atoms with Crippen LogP contribution >= 0.6 is 0 Å². The van der Waals surface area contributed by atoms with E-state index in [1.54, 1.807) is 0 Å². The lowest BCUT2D eigenvalue weighted by Crippen LogP contribution is -2.47. The van der Waals surface area contributed by atoms with Gasteiger partial charge in [-0.2, -0.15) is 0 Å². The Morgan fingerprint density at radius 2 is 1.60 bits per heavy atom. The molecule has 1 aromatic heterocycles. The first-order chi connectivity index (χ1) is 16.5. The molecule has 2 atom stereocenters. The molecule has 194 valence electrons. The van der Waals surface area contributed by atoms with Crippen molar-refractivity contribution in [2.45, 2.75) is 57.2 Å². The van der Waals surface area contributed by atoms with Gasteiger partial charge in [-0.05, 0) is 19.3 Å². The third-order valence-corrected chi connectivity index (χ3v) is 4.44. The number of carbonyl (C=O) groups is 6. The number of aromatic nitrogens is 3. The summed E-state index contributed by atoms with van der Waals surface area (Å²) in [5, 5.41) is 41.0. The van der Waals surface area contributed by atoms with Crippen molar-refractivity contribution in [1.29, 1.82) is 0 Å². The van der Waals surface area contributed by atoms with E-state index in [0.717, 1.165) is 0 Å². The van der Waals surface area contributed by atoms with Crippen LogP contribution in [0, 0.1) is 0 Å². The van der Waals surface area contributed by atoms with E-state index in [4.69, 9.17) is 10.2 Å². The van der Waals surface area contributed by atoms with E-state index in [9.17, 15) is 38.3 Å². The van der Waals surface area contributed by atoms with Gasteiger partial charge in [-0.3, -0.25) is 23.6 Å². The summed E-state index contributed by atoms with van der Waals surface area (Å²) in [5.41, 5.74) is 0.523. The zero-order valence-corrected chi connectivity index (χ0v) is 18.6. The Balaban J connectivity index is 2.45. The Hall–Kier alpha value is -4.11. The van der Waals surface area contributed by atoms with Crippen LogP contribution in [0.3, 0.4) is 0 Å². The summed E-state index contributed by atoms with van der Waals surface area (Å²) >= 11 is 0. The minimum absolute atomic E-state index is 0.150. The van der Waals surface area contributed by atoms with E-state index >= 15 is 0 Å². The first-order valence-corrected chi connectivity index (χ1v) is 10.5. The SMILES string of the molecule is O=C(O)CCC(NC(=O)CC(NC(=O)CCNC(=O)Cn1cc(CCCF)nn1)C(=O)O)C(=O)O. The zero-order chi connectivity index (χ0) is 26.4. The van der Waals surface area contributed by atoms with Gasteiger partial charge in [0.05, 0.1) is 18.8 Å². The fourth-order valence-corrected chi connectivity index (χ4v) is 2.73. The molecule has 0 aliphatic heterocycles. The predicted octanol–water partition coefficient (Wildman–Crippen LogP) is -1.92. The maximum absolute atomic E-state index is 12.2. The Morgan fingerprint density at radius 1 is 0.943 bits per heavy atom. The number of amides is 3.